The second-order valence-corrected chi connectivity index (χ2v) is 8.09. The standard InChI is InChI=1S/C24H14Cl2N4O8/c1-37-24(32)14-2-4-16(5-3-14)28-23(31)15(12-27)8-13-9-18(25)22(19(26)10-13)38-21-7-6-17(29(33)34)11-20(21)30(35)36/h2-11H,1H3,(H,28,31)/b15-8+. The molecule has 3 aromatic rings. The van der Waals surface area contributed by atoms with Crippen LogP contribution < -0.4 is 10.1 Å². The van der Waals surface area contributed by atoms with Gasteiger partial charge in [-0.05, 0) is 54.1 Å². The van der Waals surface area contributed by atoms with Gasteiger partial charge in [-0.1, -0.05) is 23.2 Å². The molecule has 1 amide bonds. The number of nitrogens with one attached hydrogen (secondary N) is 1. The number of nitrogens with zero attached hydrogens (tertiary/aromatic N) is 3. The number of hydrogen-bond acceptors (Lipinski definition) is 9. The number of amides is 1. The fourth-order valence-corrected chi connectivity index (χ4v) is 3.62. The summed E-state index contributed by atoms with van der Waals surface area (Å²) in [6.07, 6.45) is 1.20. The third kappa shape index (κ3) is 6.41. The van der Waals surface area contributed by atoms with E-state index in [-0.39, 0.29) is 38.2 Å². The first-order valence-electron chi connectivity index (χ1n) is 10.2. The molecular weight excluding hydrogens is 543 g/mol. The van der Waals surface area contributed by atoms with Gasteiger partial charge in [-0.3, -0.25) is 25.0 Å². The average Bonchev–Trinajstić information content (AvgIpc) is 2.89. The van der Waals surface area contributed by atoms with Crippen molar-refractivity contribution in [2.75, 3.05) is 12.4 Å². The molecule has 192 valence electrons. The highest BCUT2D eigenvalue weighted by Crippen LogP contribution is 2.41. The van der Waals surface area contributed by atoms with E-state index in [0.717, 1.165) is 18.2 Å². The van der Waals surface area contributed by atoms with Crippen LogP contribution in [0.15, 0.2) is 60.2 Å². The first-order valence-corrected chi connectivity index (χ1v) is 11.0. The summed E-state index contributed by atoms with van der Waals surface area (Å²) in [7, 11) is 1.23. The van der Waals surface area contributed by atoms with Gasteiger partial charge in [0.05, 0.1) is 38.6 Å². The molecule has 3 rings (SSSR count). The van der Waals surface area contributed by atoms with Crippen molar-refractivity contribution < 1.29 is 28.9 Å². The Bertz CT molecular complexity index is 1510. The van der Waals surface area contributed by atoms with E-state index in [1.807, 2.05) is 0 Å². The van der Waals surface area contributed by atoms with Crippen molar-refractivity contribution in [1.82, 2.24) is 0 Å². The fourth-order valence-electron chi connectivity index (χ4n) is 3.04. The highest BCUT2D eigenvalue weighted by Gasteiger charge is 2.23. The molecule has 0 aliphatic carbocycles. The van der Waals surface area contributed by atoms with Gasteiger partial charge < -0.3 is 14.8 Å². The molecule has 0 aromatic heterocycles. The third-order valence-electron chi connectivity index (χ3n) is 4.82. The van der Waals surface area contributed by atoms with Gasteiger partial charge in [-0.15, -0.1) is 0 Å². The number of halogens is 2. The minimum Gasteiger partial charge on any atom is -0.465 e. The maximum atomic E-state index is 12.6. The molecule has 0 heterocycles. The summed E-state index contributed by atoms with van der Waals surface area (Å²) < 4.78 is 10.1. The highest BCUT2D eigenvalue weighted by atomic mass is 35.5. The summed E-state index contributed by atoms with van der Waals surface area (Å²) in [5, 5.41) is 34.0. The van der Waals surface area contributed by atoms with Crippen molar-refractivity contribution in [3.63, 3.8) is 0 Å². The van der Waals surface area contributed by atoms with Crippen molar-refractivity contribution >= 4 is 58.2 Å². The number of methoxy groups -OCH3 is 1. The number of benzene rings is 3. The molecule has 38 heavy (non-hydrogen) atoms. The van der Waals surface area contributed by atoms with E-state index in [4.69, 9.17) is 27.9 Å². The van der Waals surface area contributed by atoms with Crippen LogP contribution in [-0.4, -0.2) is 28.8 Å². The van der Waals surface area contributed by atoms with E-state index >= 15 is 0 Å². The minimum absolute atomic E-state index is 0.118. The Morgan fingerprint density at radius 1 is 1.00 bits per heavy atom. The van der Waals surface area contributed by atoms with E-state index in [1.165, 1.54) is 49.6 Å². The molecule has 0 aliphatic rings. The van der Waals surface area contributed by atoms with E-state index in [2.05, 4.69) is 10.1 Å². The Morgan fingerprint density at radius 3 is 2.16 bits per heavy atom. The van der Waals surface area contributed by atoms with Crippen molar-refractivity contribution in [3.05, 3.63) is 102 Å². The van der Waals surface area contributed by atoms with Gasteiger partial charge >= 0.3 is 11.7 Å². The molecule has 1 N–H and O–H groups in total. The van der Waals surface area contributed by atoms with Crippen molar-refractivity contribution in [2.24, 2.45) is 0 Å². The number of carbonyl (C=O) groups is 2. The van der Waals surface area contributed by atoms with Crippen LogP contribution in [-0.2, 0) is 9.53 Å². The Balaban J connectivity index is 1.85. The number of non-ortho nitro benzene ring substituents is 1. The topological polar surface area (TPSA) is 175 Å². The zero-order valence-corrected chi connectivity index (χ0v) is 20.6. The van der Waals surface area contributed by atoms with Crippen LogP contribution in [0.25, 0.3) is 6.08 Å². The largest absolute Gasteiger partial charge is 0.465 e. The van der Waals surface area contributed by atoms with E-state index < -0.39 is 33.1 Å². The van der Waals surface area contributed by atoms with Gasteiger partial charge in [0, 0.05) is 11.8 Å². The molecule has 0 atom stereocenters. The lowest BCUT2D eigenvalue weighted by Gasteiger charge is -2.11. The number of anilines is 1. The van der Waals surface area contributed by atoms with Gasteiger partial charge in [-0.25, -0.2) is 4.79 Å². The molecule has 0 radical (unpaired) electrons. The summed E-state index contributed by atoms with van der Waals surface area (Å²) >= 11 is 12.5. The second-order valence-electron chi connectivity index (χ2n) is 7.27. The molecule has 0 bridgehead atoms. The summed E-state index contributed by atoms with van der Waals surface area (Å²) in [6.45, 7) is 0. The van der Waals surface area contributed by atoms with Gasteiger partial charge in [0.1, 0.15) is 11.6 Å². The van der Waals surface area contributed by atoms with Crippen molar-refractivity contribution in [2.45, 2.75) is 0 Å². The summed E-state index contributed by atoms with van der Waals surface area (Å²) in [5.41, 5.74) is -0.686. The third-order valence-corrected chi connectivity index (χ3v) is 5.38. The maximum absolute atomic E-state index is 12.6. The van der Waals surface area contributed by atoms with Crippen LogP contribution in [0.2, 0.25) is 10.0 Å². The van der Waals surface area contributed by atoms with Gasteiger partial charge in [0.2, 0.25) is 5.75 Å². The molecule has 0 saturated carbocycles. The molecule has 12 nitrogen and oxygen atoms in total. The smallest absolute Gasteiger partial charge is 0.337 e. The lowest BCUT2D eigenvalue weighted by molar-refractivity contribution is -0.394. The molecule has 14 heteroatoms. The molecule has 0 saturated heterocycles. The van der Waals surface area contributed by atoms with Crippen molar-refractivity contribution in [1.29, 1.82) is 5.26 Å². The zero-order valence-electron chi connectivity index (χ0n) is 19.1. The quantitative estimate of drug-likeness (QED) is 0.116. The first-order chi connectivity index (χ1) is 18.0. The number of nitriles is 1. The summed E-state index contributed by atoms with van der Waals surface area (Å²) in [5.74, 6) is -1.84. The second kappa shape index (κ2) is 11.8. The molecule has 0 fully saturated rings. The van der Waals surface area contributed by atoms with Crippen LogP contribution in [0.4, 0.5) is 17.1 Å². The average molecular weight is 557 g/mol. The normalized spacial score (nSPS) is 10.7. The fraction of sp³-hybridized carbons (Fsp3) is 0.0417. The summed E-state index contributed by atoms with van der Waals surface area (Å²) in [4.78, 5) is 44.7. The monoisotopic (exact) mass is 556 g/mol. The minimum atomic E-state index is -0.859. The van der Waals surface area contributed by atoms with Crippen LogP contribution in [0, 0.1) is 31.6 Å². The molecule has 0 unspecified atom stereocenters. The van der Waals surface area contributed by atoms with E-state index in [0.29, 0.717) is 5.69 Å². The summed E-state index contributed by atoms with van der Waals surface area (Å²) in [6, 6.07) is 12.9. The SMILES string of the molecule is COC(=O)c1ccc(NC(=O)/C(C#N)=C/c2cc(Cl)c(Oc3ccc([N+](=O)[O-])cc3[N+](=O)[O-])c(Cl)c2)cc1. The van der Waals surface area contributed by atoms with Gasteiger partial charge in [-0.2, -0.15) is 5.26 Å². The van der Waals surface area contributed by atoms with Crippen LogP contribution in [0.1, 0.15) is 15.9 Å². The molecule has 0 spiro atoms. The van der Waals surface area contributed by atoms with Gasteiger partial charge in [0.25, 0.3) is 11.6 Å². The number of nitro groups is 2. The highest BCUT2D eigenvalue weighted by molar-refractivity contribution is 6.37. The van der Waals surface area contributed by atoms with Crippen LogP contribution in [0.5, 0.6) is 11.5 Å². The lowest BCUT2D eigenvalue weighted by Crippen LogP contribution is -2.13. The predicted molar refractivity (Wildman–Crippen MR) is 136 cm³/mol. The van der Waals surface area contributed by atoms with Crippen LogP contribution >= 0.6 is 23.2 Å². The predicted octanol–water partition coefficient (Wildman–Crippen LogP) is 5.93. The number of nitro benzene ring substituents is 2. The first kappa shape index (κ1) is 27.6. The number of carbonyl (C=O) groups excluding carboxylic acids is 2. The Hall–Kier alpha value is -4.99. The van der Waals surface area contributed by atoms with E-state index in [9.17, 15) is 35.1 Å². The number of ether oxygens (including phenoxy) is 2. The number of rotatable bonds is 8. The van der Waals surface area contributed by atoms with Crippen molar-refractivity contribution in [3.8, 4) is 17.6 Å². The molecule has 0 aliphatic heterocycles. The van der Waals surface area contributed by atoms with E-state index in [1.54, 1.807) is 6.07 Å². The lowest BCUT2D eigenvalue weighted by atomic mass is 10.1. The number of esters is 1. The Morgan fingerprint density at radius 2 is 1.63 bits per heavy atom. The van der Waals surface area contributed by atoms with Gasteiger partial charge in [0.15, 0.2) is 5.75 Å². The number of hydrogen-bond donors (Lipinski definition) is 1. The zero-order chi connectivity index (χ0) is 28.0. The Labute approximate surface area is 223 Å². The Kier molecular flexibility index (Phi) is 8.59. The van der Waals surface area contributed by atoms with Crippen LogP contribution in [0.3, 0.4) is 0 Å². The molecule has 3 aromatic carbocycles. The maximum Gasteiger partial charge on any atom is 0.337 e. The molecular formula is C24H14Cl2N4O8.